The maximum absolute atomic E-state index is 13.2. The second kappa shape index (κ2) is 7.47. The molecule has 6 heteroatoms. The van der Waals surface area contributed by atoms with Crippen LogP contribution in [0.4, 0.5) is 8.78 Å². The maximum Gasteiger partial charge on any atom is 0.223 e. The van der Waals surface area contributed by atoms with E-state index in [4.69, 9.17) is 4.74 Å². The van der Waals surface area contributed by atoms with Gasteiger partial charge in [-0.15, -0.1) is 0 Å². The standard InChI is InChI=1S/C15H15BrF2N2O/c1-2-3-19-8-10-4-11(16)9-20-15(10)21-14-6-12(17)5-13(18)7-14/h4-7,9,19H,2-3,8H2,1H3. The Kier molecular flexibility index (Phi) is 5.64. The minimum Gasteiger partial charge on any atom is -0.438 e. The summed E-state index contributed by atoms with van der Waals surface area (Å²) in [5, 5.41) is 3.24. The van der Waals surface area contributed by atoms with Gasteiger partial charge in [-0.1, -0.05) is 6.92 Å². The Morgan fingerprint density at radius 3 is 2.57 bits per heavy atom. The number of ether oxygens (including phenoxy) is 1. The zero-order valence-electron chi connectivity index (χ0n) is 11.5. The van der Waals surface area contributed by atoms with E-state index in [1.807, 2.05) is 6.07 Å². The predicted octanol–water partition coefficient (Wildman–Crippen LogP) is 4.41. The number of hydrogen-bond donors (Lipinski definition) is 1. The van der Waals surface area contributed by atoms with E-state index in [0.29, 0.717) is 12.4 Å². The van der Waals surface area contributed by atoms with E-state index in [1.165, 1.54) is 0 Å². The van der Waals surface area contributed by atoms with Gasteiger partial charge < -0.3 is 10.1 Å². The van der Waals surface area contributed by atoms with Crippen LogP contribution in [0.5, 0.6) is 11.6 Å². The number of halogens is 3. The van der Waals surface area contributed by atoms with Gasteiger partial charge >= 0.3 is 0 Å². The molecule has 0 saturated heterocycles. The fourth-order valence-corrected chi connectivity index (χ4v) is 2.16. The quantitative estimate of drug-likeness (QED) is 0.778. The van der Waals surface area contributed by atoms with Crippen LogP contribution in [0, 0.1) is 11.6 Å². The fraction of sp³-hybridized carbons (Fsp3) is 0.267. The van der Waals surface area contributed by atoms with Gasteiger partial charge in [-0.05, 0) is 35.0 Å². The van der Waals surface area contributed by atoms with Gasteiger partial charge in [-0.2, -0.15) is 0 Å². The molecular formula is C15H15BrF2N2O. The first kappa shape index (κ1) is 15.9. The minimum atomic E-state index is -0.687. The van der Waals surface area contributed by atoms with Gasteiger partial charge in [0.2, 0.25) is 5.88 Å². The summed E-state index contributed by atoms with van der Waals surface area (Å²) in [6.07, 6.45) is 2.58. The summed E-state index contributed by atoms with van der Waals surface area (Å²) in [5.74, 6) is -0.966. The van der Waals surface area contributed by atoms with E-state index in [9.17, 15) is 8.78 Å². The van der Waals surface area contributed by atoms with Crippen molar-refractivity contribution in [2.45, 2.75) is 19.9 Å². The number of nitrogens with one attached hydrogen (secondary N) is 1. The first-order chi connectivity index (χ1) is 10.1. The molecule has 0 fully saturated rings. The molecule has 0 aliphatic heterocycles. The number of nitrogens with zero attached hydrogens (tertiary/aromatic N) is 1. The molecule has 2 aromatic rings. The molecule has 1 N–H and O–H groups in total. The van der Waals surface area contributed by atoms with Gasteiger partial charge in [0.1, 0.15) is 17.4 Å². The second-order valence-corrected chi connectivity index (χ2v) is 5.42. The molecule has 2 rings (SSSR count). The topological polar surface area (TPSA) is 34.2 Å². The van der Waals surface area contributed by atoms with E-state index in [-0.39, 0.29) is 5.75 Å². The van der Waals surface area contributed by atoms with Crippen molar-refractivity contribution in [2.75, 3.05) is 6.54 Å². The number of aromatic nitrogens is 1. The second-order valence-electron chi connectivity index (χ2n) is 4.50. The van der Waals surface area contributed by atoms with Gasteiger partial charge in [0, 0.05) is 41.0 Å². The smallest absolute Gasteiger partial charge is 0.223 e. The number of rotatable bonds is 6. The van der Waals surface area contributed by atoms with Gasteiger partial charge in [0.05, 0.1) is 0 Å². The Morgan fingerprint density at radius 1 is 1.19 bits per heavy atom. The van der Waals surface area contributed by atoms with Crippen LogP contribution in [0.25, 0.3) is 0 Å². The van der Waals surface area contributed by atoms with Crippen LogP contribution in [-0.4, -0.2) is 11.5 Å². The van der Waals surface area contributed by atoms with Gasteiger partial charge in [-0.25, -0.2) is 13.8 Å². The molecule has 0 saturated carbocycles. The highest BCUT2D eigenvalue weighted by Gasteiger charge is 2.09. The Labute approximate surface area is 130 Å². The van der Waals surface area contributed by atoms with Crippen molar-refractivity contribution in [1.82, 2.24) is 10.3 Å². The van der Waals surface area contributed by atoms with Gasteiger partial charge in [0.15, 0.2) is 0 Å². The predicted molar refractivity (Wildman–Crippen MR) is 80.4 cm³/mol. The molecule has 112 valence electrons. The normalized spacial score (nSPS) is 10.7. The SMILES string of the molecule is CCCNCc1cc(Br)cnc1Oc1cc(F)cc(F)c1. The zero-order valence-corrected chi connectivity index (χ0v) is 13.1. The van der Waals surface area contributed by atoms with E-state index < -0.39 is 11.6 Å². The summed E-state index contributed by atoms with van der Waals surface area (Å²) in [5.41, 5.74) is 0.808. The highest BCUT2D eigenvalue weighted by atomic mass is 79.9. The summed E-state index contributed by atoms with van der Waals surface area (Å²) in [6, 6.07) is 4.90. The molecule has 1 aromatic carbocycles. The van der Waals surface area contributed by atoms with Gasteiger partial charge in [0.25, 0.3) is 0 Å². The fourth-order valence-electron chi connectivity index (χ4n) is 1.79. The number of pyridine rings is 1. The largest absolute Gasteiger partial charge is 0.438 e. The lowest BCUT2D eigenvalue weighted by atomic mass is 10.2. The third-order valence-electron chi connectivity index (χ3n) is 2.68. The van der Waals surface area contributed by atoms with Crippen molar-refractivity contribution in [3.8, 4) is 11.6 Å². The highest BCUT2D eigenvalue weighted by molar-refractivity contribution is 9.10. The van der Waals surface area contributed by atoms with Crippen LogP contribution in [0.2, 0.25) is 0 Å². The molecule has 0 spiro atoms. The summed E-state index contributed by atoms with van der Waals surface area (Å²) in [6.45, 7) is 3.49. The zero-order chi connectivity index (χ0) is 15.2. The number of hydrogen-bond acceptors (Lipinski definition) is 3. The maximum atomic E-state index is 13.2. The van der Waals surface area contributed by atoms with E-state index >= 15 is 0 Å². The molecule has 1 aromatic heterocycles. The van der Waals surface area contributed by atoms with Crippen LogP contribution >= 0.6 is 15.9 Å². The molecule has 0 atom stereocenters. The average Bonchev–Trinajstić information content (AvgIpc) is 2.41. The molecule has 3 nitrogen and oxygen atoms in total. The Morgan fingerprint density at radius 2 is 1.90 bits per heavy atom. The van der Waals surface area contributed by atoms with Crippen LogP contribution in [0.1, 0.15) is 18.9 Å². The lowest BCUT2D eigenvalue weighted by molar-refractivity contribution is 0.442. The lowest BCUT2D eigenvalue weighted by Crippen LogP contribution is -2.14. The van der Waals surface area contributed by atoms with Crippen molar-refractivity contribution in [2.24, 2.45) is 0 Å². The van der Waals surface area contributed by atoms with Crippen LogP contribution in [-0.2, 0) is 6.54 Å². The van der Waals surface area contributed by atoms with Crippen LogP contribution in [0.15, 0.2) is 34.9 Å². The van der Waals surface area contributed by atoms with Crippen molar-refractivity contribution in [3.63, 3.8) is 0 Å². The molecule has 0 unspecified atom stereocenters. The molecule has 1 heterocycles. The monoisotopic (exact) mass is 356 g/mol. The van der Waals surface area contributed by atoms with E-state index in [1.54, 1.807) is 6.20 Å². The Balaban J connectivity index is 2.21. The first-order valence-corrected chi connectivity index (χ1v) is 7.37. The van der Waals surface area contributed by atoms with E-state index in [2.05, 4.69) is 33.2 Å². The molecule has 0 aliphatic carbocycles. The molecule has 0 amide bonds. The lowest BCUT2D eigenvalue weighted by Gasteiger charge is -2.11. The third kappa shape index (κ3) is 4.75. The van der Waals surface area contributed by atoms with Crippen LogP contribution < -0.4 is 10.1 Å². The van der Waals surface area contributed by atoms with Crippen molar-refractivity contribution in [1.29, 1.82) is 0 Å². The Hall–Kier alpha value is -1.53. The van der Waals surface area contributed by atoms with Crippen molar-refractivity contribution >= 4 is 15.9 Å². The molecule has 0 bridgehead atoms. The number of benzene rings is 1. The minimum absolute atomic E-state index is 0.0825. The van der Waals surface area contributed by atoms with Gasteiger partial charge in [-0.3, -0.25) is 0 Å². The summed E-state index contributed by atoms with van der Waals surface area (Å²) < 4.78 is 32.7. The molecule has 0 radical (unpaired) electrons. The third-order valence-corrected chi connectivity index (χ3v) is 3.12. The summed E-state index contributed by atoms with van der Waals surface area (Å²) in [7, 11) is 0. The Bertz CT molecular complexity index is 602. The van der Waals surface area contributed by atoms with E-state index in [0.717, 1.165) is 41.2 Å². The summed E-state index contributed by atoms with van der Waals surface area (Å²) >= 11 is 3.35. The highest BCUT2D eigenvalue weighted by Crippen LogP contribution is 2.26. The summed E-state index contributed by atoms with van der Waals surface area (Å²) in [4.78, 5) is 4.16. The van der Waals surface area contributed by atoms with Crippen molar-refractivity contribution in [3.05, 3.63) is 52.1 Å². The molecule has 21 heavy (non-hydrogen) atoms. The first-order valence-electron chi connectivity index (χ1n) is 6.57. The molecular weight excluding hydrogens is 342 g/mol. The van der Waals surface area contributed by atoms with Crippen LogP contribution in [0.3, 0.4) is 0 Å². The average molecular weight is 357 g/mol. The molecule has 0 aliphatic rings. The van der Waals surface area contributed by atoms with Crippen molar-refractivity contribution < 1.29 is 13.5 Å².